The Balaban J connectivity index is 1.54. The molecule has 1 aromatic rings. The summed E-state index contributed by atoms with van der Waals surface area (Å²) in [4.78, 5) is 12.0. The van der Waals surface area contributed by atoms with E-state index in [2.05, 4.69) is 41.0 Å². The SMILES string of the molecule is CC(C)(C)OC(=O)NC1CCCC(NC2(c3ccccc3)CC2)C1. The smallest absolute Gasteiger partial charge is 0.407 e. The highest BCUT2D eigenvalue weighted by Gasteiger charge is 2.45. The zero-order valence-electron chi connectivity index (χ0n) is 15.1. The molecule has 2 saturated carbocycles. The fraction of sp³-hybridized carbons (Fsp3) is 0.650. The van der Waals surface area contributed by atoms with Crippen LogP contribution in [0.15, 0.2) is 30.3 Å². The maximum Gasteiger partial charge on any atom is 0.407 e. The zero-order valence-corrected chi connectivity index (χ0v) is 15.1. The Morgan fingerprint density at radius 3 is 2.42 bits per heavy atom. The molecule has 3 rings (SSSR count). The van der Waals surface area contributed by atoms with Crippen molar-refractivity contribution < 1.29 is 9.53 Å². The molecule has 0 spiro atoms. The second-order valence-electron chi connectivity index (χ2n) is 8.30. The number of hydrogen-bond donors (Lipinski definition) is 2. The van der Waals surface area contributed by atoms with E-state index in [1.807, 2.05) is 20.8 Å². The first kappa shape index (κ1) is 17.3. The molecule has 4 nitrogen and oxygen atoms in total. The van der Waals surface area contributed by atoms with Gasteiger partial charge in [-0.15, -0.1) is 0 Å². The summed E-state index contributed by atoms with van der Waals surface area (Å²) in [5, 5.41) is 6.93. The van der Waals surface area contributed by atoms with E-state index < -0.39 is 5.60 Å². The lowest BCUT2D eigenvalue weighted by Crippen LogP contribution is -2.48. The molecule has 2 aliphatic carbocycles. The number of benzene rings is 1. The van der Waals surface area contributed by atoms with E-state index >= 15 is 0 Å². The van der Waals surface area contributed by atoms with Crippen LogP contribution in [-0.4, -0.2) is 23.8 Å². The standard InChI is InChI=1S/C20H30N2O2/c1-19(2,3)24-18(23)21-16-10-7-11-17(14-16)22-20(12-13-20)15-8-5-4-6-9-15/h4-6,8-9,16-17,22H,7,10-14H2,1-3H3,(H,21,23). The lowest BCUT2D eigenvalue weighted by molar-refractivity contribution is 0.0487. The number of rotatable bonds is 4. The van der Waals surface area contributed by atoms with Crippen molar-refractivity contribution in [2.24, 2.45) is 0 Å². The molecule has 2 atom stereocenters. The van der Waals surface area contributed by atoms with Gasteiger partial charge in [-0.2, -0.15) is 0 Å². The molecule has 24 heavy (non-hydrogen) atoms. The van der Waals surface area contributed by atoms with Gasteiger partial charge in [-0.25, -0.2) is 4.79 Å². The quantitative estimate of drug-likeness (QED) is 0.874. The summed E-state index contributed by atoms with van der Waals surface area (Å²) < 4.78 is 5.39. The van der Waals surface area contributed by atoms with Crippen LogP contribution in [0.2, 0.25) is 0 Å². The summed E-state index contributed by atoms with van der Waals surface area (Å²) in [6.07, 6.45) is 6.46. The molecule has 0 bridgehead atoms. The molecule has 0 aromatic heterocycles. The molecule has 0 saturated heterocycles. The van der Waals surface area contributed by atoms with E-state index in [0.29, 0.717) is 6.04 Å². The molecular weight excluding hydrogens is 300 g/mol. The van der Waals surface area contributed by atoms with Gasteiger partial charge in [-0.05, 0) is 64.9 Å². The van der Waals surface area contributed by atoms with Crippen LogP contribution in [0.5, 0.6) is 0 Å². The summed E-state index contributed by atoms with van der Waals surface area (Å²) in [6.45, 7) is 5.69. The number of alkyl carbamates (subject to hydrolysis) is 1. The molecule has 2 fully saturated rings. The van der Waals surface area contributed by atoms with Crippen LogP contribution in [0.3, 0.4) is 0 Å². The molecule has 4 heteroatoms. The highest BCUT2D eigenvalue weighted by molar-refractivity contribution is 5.68. The molecule has 0 radical (unpaired) electrons. The third-order valence-corrected chi connectivity index (χ3v) is 4.95. The molecule has 2 unspecified atom stereocenters. The molecule has 2 N–H and O–H groups in total. The minimum Gasteiger partial charge on any atom is -0.444 e. The summed E-state index contributed by atoms with van der Waals surface area (Å²) in [5.41, 5.74) is 1.12. The normalized spacial score (nSPS) is 25.8. The van der Waals surface area contributed by atoms with Gasteiger partial charge in [0.2, 0.25) is 0 Å². The Hall–Kier alpha value is -1.55. The van der Waals surface area contributed by atoms with Gasteiger partial charge in [0.15, 0.2) is 0 Å². The topological polar surface area (TPSA) is 50.4 Å². The Morgan fingerprint density at radius 1 is 1.12 bits per heavy atom. The fourth-order valence-corrected chi connectivity index (χ4v) is 3.72. The predicted octanol–water partition coefficient (Wildman–Crippen LogP) is 4.10. The van der Waals surface area contributed by atoms with Crippen molar-refractivity contribution in [3.05, 3.63) is 35.9 Å². The van der Waals surface area contributed by atoms with Gasteiger partial charge < -0.3 is 15.4 Å². The molecule has 132 valence electrons. The zero-order chi connectivity index (χ0) is 17.2. The third-order valence-electron chi connectivity index (χ3n) is 4.95. The van der Waals surface area contributed by atoms with Crippen molar-refractivity contribution in [3.63, 3.8) is 0 Å². The molecular formula is C20H30N2O2. The summed E-state index contributed by atoms with van der Waals surface area (Å²) >= 11 is 0. The number of carbonyl (C=O) groups excluding carboxylic acids is 1. The van der Waals surface area contributed by atoms with Crippen LogP contribution in [0.25, 0.3) is 0 Å². The van der Waals surface area contributed by atoms with Gasteiger partial charge in [-0.3, -0.25) is 0 Å². The van der Waals surface area contributed by atoms with Gasteiger partial charge in [-0.1, -0.05) is 30.3 Å². The number of amides is 1. The predicted molar refractivity (Wildman–Crippen MR) is 95.9 cm³/mol. The monoisotopic (exact) mass is 330 g/mol. The maximum absolute atomic E-state index is 12.0. The number of carbonyl (C=O) groups is 1. The first-order valence-electron chi connectivity index (χ1n) is 9.19. The van der Waals surface area contributed by atoms with Gasteiger partial charge in [0.05, 0.1) is 0 Å². The second-order valence-corrected chi connectivity index (χ2v) is 8.30. The van der Waals surface area contributed by atoms with Crippen molar-refractivity contribution in [3.8, 4) is 0 Å². The molecule has 0 heterocycles. The highest BCUT2D eigenvalue weighted by Crippen LogP contribution is 2.46. The largest absolute Gasteiger partial charge is 0.444 e. The first-order valence-corrected chi connectivity index (χ1v) is 9.19. The van der Waals surface area contributed by atoms with E-state index in [1.54, 1.807) is 0 Å². The van der Waals surface area contributed by atoms with Gasteiger partial charge >= 0.3 is 6.09 Å². The van der Waals surface area contributed by atoms with E-state index in [0.717, 1.165) is 19.3 Å². The van der Waals surface area contributed by atoms with Crippen molar-refractivity contribution in [1.82, 2.24) is 10.6 Å². The van der Waals surface area contributed by atoms with Crippen LogP contribution in [-0.2, 0) is 10.3 Å². The number of hydrogen-bond acceptors (Lipinski definition) is 3. The summed E-state index contributed by atoms with van der Waals surface area (Å²) in [6, 6.07) is 11.4. The molecule has 1 aromatic carbocycles. The maximum atomic E-state index is 12.0. The fourth-order valence-electron chi connectivity index (χ4n) is 3.72. The van der Waals surface area contributed by atoms with Gasteiger partial charge in [0.1, 0.15) is 5.60 Å². The van der Waals surface area contributed by atoms with Gasteiger partial charge in [0.25, 0.3) is 0 Å². The summed E-state index contributed by atoms with van der Waals surface area (Å²) in [5.74, 6) is 0. The van der Waals surface area contributed by atoms with Crippen LogP contribution in [0.4, 0.5) is 4.79 Å². The van der Waals surface area contributed by atoms with Crippen molar-refractivity contribution >= 4 is 6.09 Å². The lowest BCUT2D eigenvalue weighted by Gasteiger charge is -2.34. The molecule has 1 amide bonds. The Bertz CT molecular complexity index is 561. The highest BCUT2D eigenvalue weighted by atomic mass is 16.6. The Morgan fingerprint density at radius 2 is 1.79 bits per heavy atom. The van der Waals surface area contributed by atoms with Gasteiger partial charge in [0, 0.05) is 17.6 Å². The number of nitrogens with one attached hydrogen (secondary N) is 2. The van der Waals surface area contributed by atoms with E-state index in [4.69, 9.17) is 4.74 Å². The van der Waals surface area contributed by atoms with Crippen molar-refractivity contribution in [2.75, 3.05) is 0 Å². The molecule has 0 aliphatic heterocycles. The average molecular weight is 330 g/mol. The lowest BCUT2D eigenvalue weighted by atomic mass is 9.89. The molecule has 2 aliphatic rings. The summed E-state index contributed by atoms with van der Waals surface area (Å²) in [7, 11) is 0. The number of ether oxygens (including phenoxy) is 1. The van der Waals surface area contributed by atoms with Crippen LogP contribution in [0, 0.1) is 0 Å². The van der Waals surface area contributed by atoms with Crippen LogP contribution >= 0.6 is 0 Å². The minimum absolute atomic E-state index is 0.166. The van der Waals surface area contributed by atoms with Crippen LogP contribution in [0.1, 0.15) is 64.9 Å². The van der Waals surface area contributed by atoms with E-state index in [-0.39, 0.29) is 17.7 Å². The van der Waals surface area contributed by atoms with E-state index in [1.165, 1.54) is 24.8 Å². The minimum atomic E-state index is -0.443. The Kier molecular flexibility index (Phi) is 4.86. The average Bonchev–Trinajstić information content (AvgIpc) is 3.27. The van der Waals surface area contributed by atoms with Crippen LogP contribution < -0.4 is 10.6 Å². The van der Waals surface area contributed by atoms with Crippen molar-refractivity contribution in [1.29, 1.82) is 0 Å². The second kappa shape index (κ2) is 6.75. The van der Waals surface area contributed by atoms with E-state index in [9.17, 15) is 4.79 Å². The Labute approximate surface area is 145 Å². The third kappa shape index (κ3) is 4.50. The van der Waals surface area contributed by atoms with Crippen molar-refractivity contribution in [2.45, 2.75) is 82.5 Å². The first-order chi connectivity index (χ1) is 11.4.